The zero-order chi connectivity index (χ0) is 14.2. The first-order valence-electron chi connectivity index (χ1n) is 7.55. The van der Waals surface area contributed by atoms with Crippen LogP contribution in [0.5, 0.6) is 0 Å². The Kier molecular flexibility index (Phi) is 6.48. The summed E-state index contributed by atoms with van der Waals surface area (Å²) in [5.74, 6) is 2.17. The summed E-state index contributed by atoms with van der Waals surface area (Å²) in [6.07, 6.45) is 5.70. The van der Waals surface area contributed by atoms with Crippen LogP contribution in [0.3, 0.4) is 0 Å². The molecule has 1 heterocycles. The van der Waals surface area contributed by atoms with Crippen molar-refractivity contribution in [1.29, 1.82) is 0 Å². The van der Waals surface area contributed by atoms with Crippen molar-refractivity contribution >= 4 is 11.8 Å². The number of thioether (sulfide) groups is 1. The molecule has 0 bridgehead atoms. The van der Waals surface area contributed by atoms with Gasteiger partial charge in [-0.3, -0.25) is 0 Å². The van der Waals surface area contributed by atoms with Gasteiger partial charge in [0.15, 0.2) is 0 Å². The van der Waals surface area contributed by atoms with Gasteiger partial charge in [0.05, 0.1) is 12.6 Å². The lowest BCUT2D eigenvalue weighted by Gasteiger charge is -2.24. The molecular weight excluding hydrogens is 266 g/mol. The highest BCUT2D eigenvalue weighted by atomic mass is 32.2. The van der Waals surface area contributed by atoms with Gasteiger partial charge in [0.25, 0.3) is 0 Å². The molecule has 0 saturated carbocycles. The van der Waals surface area contributed by atoms with Crippen LogP contribution in [0.15, 0.2) is 41.0 Å². The average Bonchev–Trinajstić information content (AvgIpc) is 2.48. The van der Waals surface area contributed by atoms with E-state index in [0.717, 1.165) is 43.9 Å². The second-order valence-electron chi connectivity index (χ2n) is 5.23. The molecule has 0 amide bonds. The number of hydrogen-bond donors (Lipinski definition) is 1. The van der Waals surface area contributed by atoms with Crippen molar-refractivity contribution in [2.45, 2.75) is 44.0 Å². The van der Waals surface area contributed by atoms with Crippen molar-refractivity contribution in [2.24, 2.45) is 0 Å². The number of aryl methyl sites for hydroxylation is 1. The maximum Gasteiger partial charge on any atom is 0.110 e. The topological polar surface area (TPSA) is 21.3 Å². The minimum absolute atomic E-state index is 0.334. The van der Waals surface area contributed by atoms with Crippen LogP contribution in [0.25, 0.3) is 0 Å². The first-order chi connectivity index (χ1) is 9.79. The number of nitrogens with one attached hydrogen (secondary N) is 1. The fourth-order valence-electron chi connectivity index (χ4n) is 2.26. The molecule has 1 aromatic carbocycles. The largest absolute Gasteiger partial charge is 0.497 e. The van der Waals surface area contributed by atoms with Crippen LogP contribution in [0, 0.1) is 6.92 Å². The summed E-state index contributed by atoms with van der Waals surface area (Å²) in [5.41, 5.74) is 1.32. The van der Waals surface area contributed by atoms with E-state index in [1.165, 1.54) is 10.5 Å². The Bertz CT molecular complexity index is 444. The highest BCUT2D eigenvalue weighted by Gasteiger charge is 2.17. The molecule has 1 aromatic rings. The van der Waals surface area contributed by atoms with E-state index in [0.29, 0.717) is 6.04 Å². The van der Waals surface area contributed by atoms with Crippen LogP contribution in [0.1, 0.15) is 31.7 Å². The fourth-order valence-corrected chi connectivity index (χ4v) is 3.35. The SMILES string of the molecule is CCCNC(CSc1cccc(C)c1)C1=CCCCO1. The monoisotopic (exact) mass is 291 g/mol. The standard InChI is InChI=1S/C17H25NOS/c1-3-10-18-16(17-9-4-5-11-19-17)13-20-15-8-6-7-14(2)12-15/h6-9,12,16,18H,3-5,10-11,13H2,1-2H3. The Morgan fingerprint density at radius 3 is 3.00 bits per heavy atom. The Labute approximate surface area is 127 Å². The predicted molar refractivity (Wildman–Crippen MR) is 87.3 cm³/mol. The molecule has 0 spiro atoms. The van der Waals surface area contributed by atoms with Gasteiger partial charge in [-0.15, -0.1) is 11.8 Å². The van der Waals surface area contributed by atoms with E-state index in [9.17, 15) is 0 Å². The summed E-state index contributed by atoms with van der Waals surface area (Å²) in [4.78, 5) is 1.34. The first kappa shape index (κ1) is 15.5. The predicted octanol–water partition coefficient (Wildman–Crippen LogP) is 4.15. The molecule has 1 atom stereocenters. The summed E-state index contributed by atoms with van der Waals surface area (Å²) in [6.45, 7) is 6.25. The van der Waals surface area contributed by atoms with Crippen LogP contribution >= 0.6 is 11.8 Å². The molecule has 0 fully saturated rings. The van der Waals surface area contributed by atoms with Gasteiger partial charge < -0.3 is 10.1 Å². The Morgan fingerprint density at radius 2 is 2.30 bits per heavy atom. The van der Waals surface area contributed by atoms with Crippen molar-refractivity contribution in [2.75, 3.05) is 18.9 Å². The number of benzene rings is 1. The smallest absolute Gasteiger partial charge is 0.110 e. The molecule has 3 heteroatoms. The molecule has 110 valence electrons. The average molecular weight is 291 g/mol. The summed E-state index contributed by atoms with van der Waals surface area (Å²) >= 11 is 1.90. The second-order valence-corrected chi connectivity index (χ2v) is 6.32. The van der Waals surface area contributed by atoms with Crippen LogP contribution in [0.4, 0.5) is 0 Å². The summed E-state index contributed by atoms with van der Waals surface area (Å²) in [7, 11) is 0. The molecule has 2 rings (SSSR count). The van der Waals surface area contributed by atoms with Gasteiger partial charge in [0.2, 0.25) is 0 Å². The lowest BCUT2D eigenvalue weighted by Crippen LogP contribution is -2.35. The summed E-state index contributed by atoms with van der Waals surface area (Å²) < 4.78 is 5.83. The van der Waals surface area contributed by atoms with Crippen LogP contribution in [0.2, 0.25) is 0 Å². The van der Waals surface area contributed by atoms with E-state index in [4.69, 9.17) is 4.74 Å². The zero-order valence-electron chi connectivity index (χ0n) is 12.5. The van der Waals surface area contributed by atoms with E-state index in [-0.39, 0.29) is 0 Å². The second kappa shape index (κ2) is 8.38. The van der Waals surface area contributed by atoms with Gasteiger partial charge in [-0.2, -0.15) is 0 Å². The molecule has 2 nitrogen and oxygen atoms in total. The highest BCUT2D eigenvalue weighted by molar-refractivity contribution is 7.99. The van der Waals surface area contributed by atoms with Gasteiger partial charge >= 0.3 is 0 Å². The van der Waals surface area contributed by atoms with Crippen LogP contribution in [-0.2, 0) is 4.74 Å². The van der Waals surface area contributed by atoms with Gasteiger partial charge in [-0.1, -0.05) is 24.6 Å². The Hall–Kier alpha value is -0.930. The minimum atomic E-state index is 0.334. The maximum atomic E-state index is 5.83. The van der Waals surface area contributed by atoms with Crippen molar-refractivity contribution < 1.29 is 4.74 Å². The molecule has 1 unspecified atom stereocenters. The van der Waals surface area contributed by atoms with E-state index in [1.54, 1.807) is 0 Å². The number of rotatable bonds is 7. The number of allylic oxidation sites excluding steroid dienone is 1. The van der Waals surface area contributed by atoms with Gasteiger partial charge in [-0.25, -0.2) is 0 Å². The minimum Gasteiger partial charge on any atom is -0.497 e. The van der Waals surface area contributed by atoms with E-state index >= 15 is 0 Å². The molecule has 0 saturated heterocycles. The maximum absolute atomic E-state index is 5.83. The van der Waals surface area contributed by atoms with E-state index < -0.39 is 0 Å². The Balaban J connectivity index is 1.94. The number of ether oxygens (including phenoxy) is 1. The quantitative estimate of drug-likeness (QED) is 0.763. The molecular formula is C17H25NOS. The van der Waals surface area contributed by atoms with Crippen molar-refractivity contribution in [3.63, 3.8) is 0 Å². The van der Waals surface area contributed by atoms with Crippen molar-refractivity contribution in [3.8, 4) is 0 Å². The van der Waals surface area contributed by atoms with E-state index in [1.807, 2.05) is 11.8 Å². The molecule has 1 aliphatic rings. The third-order valence-corrected chi connectivity index (χ3v) is 4.44. The lowest BCUT2D eigenvalue weighted by atomic mass is 10.1. The third kappa shape index (κ3) is 4.88. The van der Waals surface area contributed by atoms with Crippen LogP contribution in [-0.4, -0.2) is 24.9 Å². The molecule has 0 aliphatic carbocycles. The third-order valence-electron chi connectivity index (χ3n) is 3.35. The summed E-state index contributed by atoms with van der Waals surface area (Å²) in [6, 6.07) is 9.04. The molecule has 0 aromatic heterocycles. The van der Waals surface area contributed by atoms with Gasteiger partial charge in [0, 0.05) is 10.6 Å². The van der Waals surface area contributed by atoms with Crippen molar-refractivity contribution in [1.82, 2.24) is 5.32 Å². The zero-order valence-corrected chi connectivity index (χ0v) is 13.3. The van der Waals surface area contributed by atoms with Gasteiger partial charge in [0.1, 0.15) is 5.76 Å². The van der Waals surface area contributed by atoms with Crippen molar-refractivity contribution in [3.05, 3.63) is 41.7 Å². The summed E-state index contributed by atoms with van der Waals surface area (Å²) in [5, 5.41) is 3.61. The number of hydrogen-bond acceptors (Lipinski definition) is 3. The fraction of sp³-hybridized carbons (Fsp3) is 0.529. The van der Waals surface area contributed by atoms with Crippen LogP contribution < -0.4 is 5.32 Å². The molecule has 1 N–H and O–H groups in total. The molecule has 20 heavy (non-hydrogen) atoms. The normalized spacial score (nSPS) is 16.4. The highest BCUT2D eigenvalue weighted by Crippen LogP contribution is 2.23. The first-order valence-corrected chi connectivity index (χ1v) is 8.54. The lowest BCUT2D eigenvalue weighted by molar-refractivity contribution is 0.172. The van der Waals surface area contributed by atoms with Gasteiger partial charge in [-0.05, 0) is 50.9 Å². The van der Waals surface area contributed by atoms with E-state index in [2.05, 4.69) is 49.5 Å². The Morgan fingerprint density at radius 1 is 1.40 bits per heavy atom. The molecule has 1 aliphatic heterocycles. The molecule has 0 radical (unpaired) electrons.